The van der Waals surface area contributed by atoms with Crippen molar-refractivity contribution < 1.29 is 4.79 Å². The van der Waals surface area contributed by atoms with Crippen molar-refractivity contribution in [1.29, 1.82) is 0 Å². The van der Waals surface area contributed by atoms with Crippen LogP contribution in [0.3, 0.4) is 0 Å². The second-order valence-corrected chi connectivity index (χ2v) is 10.8. The number of fused-ring (bicyclic) bond motifs is 1. The Morgan fingerprint density at radius 2 is 2.10 bits per heavy atom. The van der Waals surface area contributed by atoms with Gasteiger partial charge in [-0.05, 0) is 43.3 Å². The predicted octanol–water partition coefficient (Wildman–Crippen LogP) is 5.19. The summed E-state index contributed by atoms with van der Waals surface area (Å²) in [6.07, 6.45) is 3.11. The van der Waals surface area contributed by atoms with Crippen molar-refractivity contribution in [1.82, 2.24) is 24.6 Å². The van der Waals surface area contributed by atoms with E-state index in [0.717, 1.165) is 45.5 Å². The van der Waals surface area contributed by atoms with Crippen molar-refractivity contribution >= 4 is 50.6 Å². The average molecular weight is 470 g/mol. The Hall–Kier alpha value is -2.23. The molecule has 1 aliphatic carbocycles. The normalized spacial score (nSPS) is 14.8. The van der Waals surface area contributed by atoms with Gasteiger partial charge >= 0.3 is 0 Å². The summed E-state index contributed by atoms with van der Waals surface area (Å²) in [6, 6.07) is 12.7. The number of thiophene rings is 1. The van der Waals surface area contributed by atoms with Crippen LogP contribution in [0, 0.1) is 0 Å². The minimum atomic E-state index is -0.0683. The van der Waals surface area contributed by atoms with E-state index in [-0.39, 0.29) is 11.9 Å². The third-order valence-corrected chi connectivity index (χ3v) is 8.54. The first-order chi connectivity index (χ1) is 15.1. The molecule has 31 heavy (non-hydrogen) atoms. The fourth-order valence-electron chi connectivity index (χ4n) is 3.47. The quantitative estimate of drug-likeness (QED) is 0.333. The number of thiazole rings is 1. The number of hydrogen-bond acceptors (Lipinski definition) is 7. The largest absolute Gasteiger partial charge is 0.336 e. The number of carbonyl (C=O) groups excluding carboxylic acids is 1. The molecule has 0 saturated heterocycles. The Balaban J connectivity index is 1.26. The molecule has 5 rings (SSSR count). The SMILES string of the molecule is C[C@@H](c1nc2ccccc2s1)N(C)C(=O)CSc1nnc(Cc2cccs2)n1C1CC1. The number of carbonyl (C=O) groups is 1. The summed E-state index contributed by atoms with van der Waals surface area (Å²) in [5.41, 5.74) is 0.986. The van der Waals surface area contributed by atoms with Crippen molar-refractivity contribution in [3.63, 3.8) is 0 Å². The first-order valence-corrected chi connectivity index (χ1v) is 13.0. The van der Waals surface area contributed by atoms with E-state index in [2.05, 4.69) is 38.3 Å². The van der Waals surface area contributed by atoms with E-state index in [9.17, 15) is 4.79 Å². The highest BCUT2D eigenvalue weighted by atomic mass is 32.2. The van der Waals surface area contributed by atoms with Gasteiger partial charge in [0.2, 0.25) is 5.91 Å². The van der Waals surface area contributed by atoms with Crippen LogP contribution in [0.2, 0.25) is 0 Å². The first kappa shape index (κ1) is 20.7. The lowest BCUT2D eigenvalue weighted by Crippen LogP contribution is -2.31. The molecule has 4 aromatic rings. The molecule has 0 spiro atoms. The number of rotatable bonds is 8. The van der Waals surface area contributed by atoms with Crippen LogP contribution in [0.4, 0.5) is 0 Å². The zero-order chi connectivity index (χ0) is 21.4. The topological polar surface area (TPSA) is 63.9 Å². The molecule has 1 fully saturated rings. The zero-order valence-corrected chi connectivity index (χ0v) is 19.8. The molecular weight excluding hydrogens is 446 g/mol. The van der Waals surface area contributed by atoms with Crippen LogP contribution >= 0.6 is 34.4 Å². The van der Waals surface area contributed by atoms with E-state index in [1.54, 1.807) is 27.6 Å². The van der Waals surface area contributed by atoms with E-state index in [0.29, 0.717) is 11.8 Å². The maximum absolute atomic E-state index is 12.9. The average Bonchev–Trinajstić information content (AvgIpc) is 3.18. The molecule has 0 radical (unpaired) electrons. The minimum absolute atomic E-state index is 0.0683. The zero-order valence-electron chi connectivity index (χ0n) is 17.4. The van der Waals surface area contributed by atoms with Gasteiger partial charge < -0.3 is 9.47 Å². The molecule has 1 aliphatic rings. The Bertz CT molecular complexity index is 1160. The van der Waals surface area contributed by atoms with Crippen molar-refractivity contribution in [3.8, 4) is 0 Å². The van der Waals surface area contributed by atoms with E-state index < -0.39 is 0 Å². The van der Waals surface area contributed by atoms with Crippen LogP contribution < -0.4 is 0 Å². The van der Waals surface area contributed by atoms with Gasteiger partial charge in [0.25, 0.3) is 0 Å². The fraction of sp³-hybridized carbons (Fsp3) is 0.364. The smallest absolute Gasteiger partial charge is 0.233 e. The van der Waals surface area contributed by atoms with E-state index in [4.69, 9.17) is 4.98 Å². The van der Waals surface area contributed by atoms with Gasteiger partial charge in [-0.1, -0.05) is 30.0 Å². The van der Waals surface area contributed by atoms with Gasteiger partial charge in [-0.25, -0.2) is 4.98 Å². The molecular formula is C22H23N5OS3. The number of amides is 1. The Morgan fingerprint density at radius 1 is 1.26 bits per heavy atom. The monoisotopic (exact) mass is 469 g/mol. The molecule has 1 atom stereocenters. The summed E-state index contributed by atoms with van der Waals surface area (Å²) < 4.78 is 3.39. The lowest BCUT2D eigenvalue weighted by atomic mass is 10.3. The highest BCUT2D eigenvalue weighted by molar-refractivity contribution is 7.99. The Morgan fingerprint density at radius 3 is 2.84 bits per heavy atom. The van der Waals surface area contributed by atoms with Crippen LogP contribution in [0.5, 0.6) is 0 Å². The minimum Gasteiger partial charge on any atom is -0.336 e. The number of hydrogen-bond donors (Lipinski definition) is 0. The highest BCUT2D eigenvalue weighted by Crippen LogP contribution is 2.39. The van der Waals surface area contributed by atoms with Crippen LogP contribution in [-0.4, -0.2) is 43.4 Å². The number of benzene rings is 1. The Labute approximate surface area is 193 Å². The molecule has 0 aliphatic heterocycles. The molecule has 9 heteroatoms. The molecule has 1 saturated carbocycles. The number of para-hydroxylation sites is 1. The summed E-state index contributed by atoms with van der Waals surface area (Å²) in [6.45, 7) is 2.03. The highest BCUT2D eigenvalue weighted by Gasteiger charge is 2.30. The van der Waals surface area contributed by atoms with Gasteiger partial charge in [0.1, 0.15) is 10.8 Å². The molecule has 1 amide bonds. The first-order valence-electron chi connectivity index (χ1n) is 10.3. The Kier molecular flexibility index (Phi) is 5.81. The number of nitrogens with zero attached hydrogens (tertiary/aromatic N) is 5. The van der Waals surface area contributed by atoms with E-state index >= 15 is 0 Å². The maximum Gasteiger partial charge on any atom is 0.233 e. The lowest BCUT2D eigenvalue weighted by Gasteiger charge is -2.23. The molecule has 0 N–H and O–H groups in total. The predicted molar refractivity (Wildman–Crippen MR) is 127 cm³/mol. The van der Waals surface area contributed by atoms with Crippen molar-refractivity contribution in [2.75, 3.05) is 12.8 Å². The summed E-state index contributed by atoms with van der Waals surface area (Å²) in [5.74, 6) is 1.41. The summed E-state index contributed by atoms with van der Waals surface area (Å²) in [4.78, 5) is 20.7. The van der Waals surface area contributed by atoms with Crippen molar-refractivity contribution in [2.45, 2.75) is 43.4 Å². The van der Waals surface area contributed by atoms with Gasteiger partial charge in [0.15, 0.2) is 5.16 Å². The lowest BCUT2D eigenvalue weighted by molar-refractivity contribution is -0.128. The van der Waals surface area contributed by atoms with Crippen LogP contribution in [0.15, 0.2) is 46.9 Å². The molecule has 0 bridgehead atoms. The maximum atomic E-state index is 12.9. The van der Waals surface area contributed by atoms with Gasteiger partial charge in [-0.3, -0.25) is 4.79 Å². The number of aromatic nitrogens is 4. The fourth-order valence-corrected chi connectivity index (χ4v) is 6.19. The van der Waals surface area contributed by atoms with E-state index in [1.165, 1.54) is 16.6 Å². The third-order valence-electron chi connectivity index (χ3n) is 5.53. The van der Waals surface area contributed by atoms with Crippen LogP contribution in [0.25, 0.3) is 10.2 Å². The molecule has 0 unspecified atom stereocenters. The summed E-state index contributed by atoms with van der Waals surface area (Å²) in [7, 11) is 1.85. The standard InChI is InChI=1S/C22H23N5OS3/c1-14(21-23-17-7-3-4-8-18(17)31-21)26(2)20(28)13-30-22-25-24-19(27(22)15-9-10-15)12-16-6-5-11-29-16/h3-8,11,14-15H,9-10,12-13H2,1-2H3/t14-/m0/s1. The van der Waals surface area contributed by atoms with Gasteiger partial charge in [0.05, 0.1) is 22.0 Å². The molecule has 6 nitrogen and oxygen atoms in total. The van der Waals surface area contributed by atoms with Gasteiger partial charge in [-0.15, -0.1) is 32.9 Å². The number of thioether (sulfide) groups is 1. The molecule has 160 valence electrons. The summed E-state index contributed by atoms with van der Waals surface area (Å²) in [5, 5.41) is 12.8. The van der Waals surface area contributed by atoms with Crippen molar-refractivity contribution in [3.05, 3.63) is 57.5 Å². The van der Waals surface area contributed by atoms with Crippen molar-refractivity contribution in [2.24, 2.45) is 0 Å². The summed E-state index contributed by atoms with van der Waals surface area (Å²) >= 11 is 4.87. The van der Waals surface area contributed by atoms with Gasteiger partial charge in [0, 0.05) is 24.4 Å². The molecule has 3 aromatic heterocycles. The van der Waals surface area contributed by atoms with Gasteiger partial charge in [-0.2, -0.15) is 0 Å². The molecule has 1 aromatic carbocycles. The van der Waals surface area contributed by atoms with Crippen LogP contribution in [0.1, 0.15) is 47.6 Å². The van der Waals surface area contributed by atoms with Crippen LogP contribution in [-0.2, 0) is 11.2 Å². The second kappa shape index (κ2) is 8.72. The third kappa shape index (κ3) is 4.40. The second-order valence-electron chi connectivity index (χ2n) is 7.75. The van der Waals surface area contributed by atoms with E-state index in [1.807, 2.05) is 32.2 Å². The molecule has 3 heterocycles.